The van der Waals surface area contributed by atoms with E-state index >= 15 is 0 Å². The Bertz CT molecular complexity index is 977. The first-order valence-electron chi connectivity index (χ1n) is 10.6. The summed E-state index contributed by atoms with van der Waals surface area (Å²) in [5.41, 5.74) is 4.93. The minimum absolute atomic E-state index is 0.631. The second-order valence-corrected chi connectivity index (χ2v) is 8.11. The van der Waals surface area contributed by atoms with Crippen molar-refractivity contribution in [3.63, 3.8) is 0 Å². The Kier molecular flexibility index (Phi) is 4.80. The normalized spacial score (nSPS) is 16.7. The number of piperidine rings is 1. The van der Waals surface area contributed by atoms with Crippen molar-refractivity contribution in [1.82, 2.24) is 9.97 Å². The fourth-order valence-corrected chi connectivity index (χ4v) is 4.29. The number of nitrogens with zero attached hydrogens (tertiary/aromatic N) is 4. The van der Waals surface area contributed by atoms with Gasteiger partial charge in [0.05, 0.1) is 0 Å². The molecule has 0 spiro atoms. The summed E-state index contributed by atoms with van der Waals surface area (Å²) in [5.74, 6) is 2.41. The predicted molar refractivity (Wildman–Crippen MR) is 120 cm³/mol. The first kappa shape index (κ1) is 18.0. The van der Waals surface area contributed by atoms with E-state index in [1.165, 1.54) is 29.8 Å². The number of aromatic nitrogens is 2. The fourth-order valence-electron chi connectivity index (χ4n) is 4.29. The molecule has 0 atom stereocenters. The summed E-state index contributed by atoms with van der Waals surface area (Å²) in [6, 6.07) is 19.2. The van der Waals surface area contributed by atoms with Gasteiger partial charge in [0, 0.05) is 42.9 Å². The first-order valence-corrected chi connectivity index (χ1v) is 10.6. The second kappa shape index (κ2) is 7.74. The summed E-state index contributed by atoms with van der Waals surface area (Å²) in [5, 5.41) is 3.36. The van der Waals surface area contributed by atoms with Gasteiger partial charge in [0.2, 0.25) is 5.95 Å². The van der Waals surface area contributed by atoms with Gasteiger partial charge in [-0.15, -0.1) is 0 Å². The highest BCUT2D eigenvalue weighted by Gasteiger charge is 2.21. The van der Waals surface area contributed by atoms with Crippen LogP contribution in [0.4, 0.5) is 28.8 Å². The topological polar surface area (TPSA) is 44.3 Å². The predicted octanol–water partition coefficient (Wildman–Crippen LogP) is 5.15. The third kappa shape index (κ3) is 3.77. The van der Waals surface area contributed by atoms with Crippen molar-refractivity contribution in [3.05, 3.63) is 66.4 Å². The summed E-state index contributed by atoms with van der Waals surface area (Å²) < 4.78 is 0. The van der Waals surface area contributed by atoms with Gasteiger partial charge in [0.15, 0.2) is 0 Å². The van der Waals surface area contributed by atoms with Crippen LogP contribution in [0.15, 0.2) is 60.8 Å². The van der Waals surface area contributed by atoms with Crippen molar-refractivity contribution in [2.24, 2.45) is 5.92 Å². The number of rotatable bonds is 4. The molecule has 3 aromatic rings. The molecule has 3 heterocycles. The van der Waals surface area contributed by atoms with Gasteiger partial charge in [0.1, 0.15) is 5.82 Å². The van der Waals surface area contributed by atoms with Crippen molar-refractivity contribution >= 4 is 28.8 Å². The number of anilines is 5. The number of fused-ring (bicyclic) bond motifs is 1. The van der Waals surface area contributed by atoms with Crippen molar-refractivity contribution in [3.8, 4) is 0 Å². The molecule has 5 rings (SSSR count). The molecular weight excluding hydrogens is 358 g/mol. The molecule has 0 bridgehead atoms. The van der Waals surface area contributed by atoms with Crippen LogP contribution in [-0.2, 0) is 6.42 Å². The zero-order valence-corrected chi connectivity index (χ0v) is 16.9. The van der Waals surface area contributed by atoms with E-state index in [2.05, 4.69) is 75.6 Å². The second-order valence-electron chi connectivity index (χ2n) is 8.11. The van der Waals surface area contributed by atoms with Gasteiger partial charge >= 0.3 is 0 Å². The molecule has 0 aliphatic carbocycles. The van der Waals surface area contributed by atoms with Crippen LogP contribution < -0.4 is 15.1 Å². The fraction of sp³-hybridized carbons (Fsp3) is 0.333. The Labute approximate surface area is 172 Å². The number of hydrogen-bond acceptors (Lipinski definition) is 5. The Morgan fingerprint density at radius 1 is 0.931 bits per heavy atom. The summed E-state index contributed by atoms with van der Waals surface area (Å²) in [6.07, 6.45) is 5.44. The summed E-state index contributed by atoms with van der Waals surface area (Å²) >= 11 is 0. The smallest absolute Gasteiger partial charge is 0.229 e. The number of nitrogens with one attached hydrogen (secondary N) is 1. The lowest BCUT2D eigenvalue weighted by molar-refractivity contribution is 0.438. The first-order chi connectivity index (χ1) is 14.3. The highest BCUT2D eigenvalue weighted by Crippen LogP contribution is 2.33. The SMILES string of the molecule is CC1CCN(c2ccc(Nc3nccc(N4CCc5ccccc54)n3)cc2)CC1. The zero-order chi connectivity index (χ0) is 19.6. The quantitative estimate of drug-likeness (QED) is 0.673. The number of benzene rings is 2. The van der Waals surface area contributed by atoms with E-state index in [0.29, 0.717) is 5.95 Å². The van der Waals surface area contributed by atoms with Crippen LogP contribution in [-0.4, -0.2) is 29.6 Å². The molecule has 2 aliphatic heterocycles. The molecule has 5 heteroatoms. The number of hydrogen-bond donors (Lipinski definition) is 1. The zero-order valence-electron chi connectivity index (χ0n) is 16.9. The largest absolute Gasteiger partial charge is 0.372 e. The molecule has 0 unspecified atom stereocenters. The molecule has 1 fully saturated rings. The van der Waals surface area contributed by atoms with Crippen LogP contribution in [0, 0.1) is 5.92 Å². The van der Waals surface area contributed by atoms with Crippen LogP contribution in [0.1, 0.15) is 25.3 Å². The monoisotopic (exact) mass is 385 g/mol. The van der Waals surface area contributed by atoms with Gasteiger partial charge in [-0.1, -0.05) is 25.1 Å². The molecule has 1 saturated heterocycles. The molecule has 2 aromatic carbocycles. The van der Waals surface area contributed by atoms with Crippen molar-refractivity contribution in [1.29, 1.82) is 0 Å². The van der Waals surface area contributed by atoms with E-state index in [0.717, 1.165) is 43.5 Å². The van der Waals surface area contributed by atoms with Gasteiger partial charge in [0.25, 0.3) is 0 Å². The molecule has 2 aliphatic rings. The molecule has 29 heavy (non-hydrogen) atoms. The Morgan fingerprint density at radius 3 is 2.55 bits per heavy atom. The van der Waals surface area contributed by atoms with Crippen LogP contribution in [0.25, 0.3) is 0 Å². The molecule has 0 radical (unpaired) electrons. The van der Waals surface area contributed by atoms with E-state index in [1.807, 2.05) is 12.3 Å². The maximum atomic E-state index is 4.76. The van der Waals surface area contributed by atoms with E-state index < -0.39 is 0 Å². The summed E-state index contributed by atoms with van der Waals surface area (Å²) in [7, 11) is 0. The van der Waals surface area contributed by atoms with E-state index in [9.17, 15) is 0 Å². The highest BCUT2D eigenvalue weighted by atomic mass is 15.2. The minimum Gasteiger partial charge on any atom is -0.372 e. The lowest BCUT2D eigenvalue weighted by Gasteiger charge is -2.32. The van der Waals surface area contributed by atoms with E-state index in [-0.39, 0.29) is 0 Å². The van der Waals surface area contributed by atoms with E-state index in [1.54, 1.807) is 0 Å². The molecular formula is C24H27N5. The van der Waals surface area contributed by atoms with Crippen molar-refractivity contribution in [2.45, 2.75) is 26.2 Å². The number of para-hydroxylation sites is 1. The molecule has 148 valence electrons. The van der Waals surface area contributed by atoms with Crippen LogP contribution in [0.2, 0.25) is 0 Å². The standard InChI is InChI=1S/C24H27N5/c1-18-11-15-28(16-12-18)21-8-6-20(7-9-21)26-24-25-14-10-23(27-24)29-17-13-19-4-2-3-5-22(19)29/h2-10,14,18H,11-13,15-17H2,1H3,(H,25,26,27). The van der Waals surface area contributed by atoms with Gasteiger partial charge < -0.3 is 15.1 Å². The van der Waals surface area contributed by atoms with Gasteiger partial charge in [-0.2, -0.15) is 4.98 Å². The highest BCUT2D eigenvalue weighted by molar-refractivity contribution is 5.68. The van der Waals surface area contributed by atoms with Crippen molar-refractivity contribution < 1.29 is 0 Å². The Hall–Kier alpha value is -3.08. The third-order valence-corrected chi connectivity index (χ3v) is 6.08. The van der Waals surface area contributed by atoms with Crippen LogP contribution >= 0.6 is 0 Å². The Balaban J connectivity index is 1.30. The van der Waals surface area contributed by atoms with Gasteiger partial charge in [-0.05, 0) is 67.1 Å². The van der Waals surface area contributed by atoms with Crippen molar-refractivity contribution in [2.75, 3.05) is 34.8 Å². The van der Waals surface area contributed by atoms with E-state index in [4.69, 9.17) is 4.98 Å². The van der Waals surface area contributed by atoms with Crippen LogP contribution in [0.3, 0.4) is 0 Å². The van der Waals surface area contributed by atoms with Gasteiger partial charge in [-0.25, -0.2) is 4.98 Å². The summed E-state index contributed by atoms with van der Waals surface area (Å²) in [6.45, 7) is 5.60. The maximum Gasteiger partial charge on any atom is 0.229 e. The molecule has 5 nitrogen and oxygen atoms in total. The molecule has 0 saturated carbocycles. The maximum absolute atomic E-state index is 4.76. The average molecular weight is 386 g/mol. The third-order valence-electron chi connectivity index (χ3n) is 6.08. The van der Waals surface area contributed by atoms with Gasteiger partial charge in [-0.3, -0.25) is 0 Å². The lowest BCUT2D eigenvalue weighted by Crippen LogP contribution is -2.32. The van der Waals surface area contributed by atoms with Crippen LogP contribution in [0.5, 0.6) is 0 Å². The minimum atomic E-state index is 0.631. The molecule has 0 amide bonds. The average Bonchev–Trinajstić information content (AvgIpc) is 3.19. The Morgan fingerprint density at radius 2 is 1.72 bits per heavy atom. The summed E-state index contributed by atoms with van der Waals surface area (Å²) in [4.78, 5) is 13.9. The molecule has 1 aromatic heterocycles. The molecule has 1 N–H and O–H groups in total. The lowest BCUT2D eigenvalue weighted by atomic mass is 9.99.